The Morgan fingerprint density at radius 2 is 2.05 bits per heavy atom. The highest BCUT2D eigenvalue weighted by Gasteiger charge is 2.10. The number of aliphatic hydroxyl groups is 1. The van der Waals surface area contributed by atoms with Gasteiger partial charge >= 0.3 is 0 Å². The number of para-hydroxylation sites is 1. The Morgan fingerprint density at radius 1 is 1.33 bits per heavy atom. The summed E-state index contributed by atoms with van der Waals surface area (Å²) in [5, 5.41) is 11.9. The molecule has 0 spiro atoms. The number of anilines is 1. The molecule has 5 heteroatoms. The number of nitrogens with one attached hydrogen (secondary N) is 1. The molecular formula is C16H27N3O2. The van der Waals surface area contributed by atoms with Crippen molar-refractivity contribution in [2.24, 2.45) is 5.73 Å². The van der Waals surface area contributed by atoms with Crippen molar-refractivity contribution >= 4 is 11.6 Å². The number of rotatable bonds is 9. The van der Waals surface area contributed by atoms with E-state index >= 15 is 0 Å². The van der Waals surface area contributed by atoms with Crippen LogP contribution in [-0.2, 0) is 11.3 Å². The number of carbonyl (C=O) groups is 1. The van der Waals surface area contributed by atoms with Gasteiger partial charge in [-0.2, -0.15) is 0 Å². The van der Waals surface area contributed by atoms with E-state index in [1.54, 1.807) is 0 Å². The first kappa shape index (κ1) is 17.6. The van der Waals surface area contributed by atoms with E-state index in [0.29, 0.717) is 25.6 Å². The van der Waals surface area contributed by atoms with Crippen LogP contribution >= 0.6 is 0 Å². The van der Waals surface area contributed by atoms with Crippen LogP contribution in [0.2, 0.25) is 0 Å². The van der Waals surface area contributed by atoms with Gasteiger partial charge in [-0.25, -0.2) is 0 Å². The number of hydrogen-bond donors (Lipinski definition) is 3. The second-order valence-corrected chi connectivity index (χ2v) is 5.37. The molecule has 5 nitrogen and oxygen atoms in total. The highest BCUT2D eigenvalue weighted by molar-refractivity contribution is 5.91. The van der Waals surface area contributed by atoms with Crippen LogP contribution in [0.1, 0.15) is 32.3 Å². The Bertz CT molecular complexity index is 435. The summed E-state index contributed by atoms with van der Waals surface area (Å²) in [5.41, 5.74) is 7.38. The van der Waals surface area contributed by atoms with E-state index in [0.717, 1.165) is 24.2 Å². The molecule has 0 radical (unpaired) electrons. The van der Waals surface area contributed by atoms with Crippen molar-refractivity contribution in [2.75, 3.05) is 25.0 Å². The number of nitrogens with two attached hydrogens (primary N) is 1. The average molecular weight is 293 g/mol. The third-order valence-corrected chi connectivity index (χ3v) is 3.48. The molecule has 0 saturated heterocycles. The number of carbonyl (C=O) groups excluding carboxylic acids is 1. The fourth-order valence-corrected chi connectivity index (χ4v) is 2.23. The number of nitrogens with zero attached hydrogens (tertiary/aromatic N) is 1. The maximum atomic E-state index is 12.0. The second kappa shape index (κ2) is 9.50. The molecule has 1 rings (SSSR count). The Morgan fingerprint density at radius 3 is 2.67 bits per heavy atom. The predicted molar refractivity (Wildman–Crippen MR) is 86.0 cm³/mol. The van der Waals surface area contributed by atoms with Gasteiger partial charge in [-0.05, 0) is 38.4 Å². The number of amides is 1. The van der Waals surface area contributed by atoms with E-state index in [2.05, 4.69) is 24.1 Å². The Balaban J connectivity index is 2.40. The van der Waals surface area contributed by atoms with Gasteiger partial charge in [0.1, 0.15) is 0 Å². The zero-order chi connectivity index (χ0) is 15.7. The Labute approximate surface area is 127 Å². The molecule has 0 unspecified atom stereocenters. The van der Waals surface area contributed by atoms with E-state index in [1.807, 2.05) is 24.3 Å². The first-order chi connectivity index (χ1) is 10.1. The van der Waals surface area contributed by atoms with E-state index in [-0.39, 0.29) is 12.5 Å². The summed E-state index contributed by atoms with van der Waals surface area (Å²) in [6.45, 7) is 6.20. The standard InChI is InChI=1S/C16H27N3O2/c1-13(2)19(10-11-20)9-5-8-16(21)18-15-7-4-3-6-14(15)12-17/h3-4,6-7,13,20H,5,8-12,17H2,1-2H3,(H,18,21). The van der Waals surface area contributed by atoms with Crippen molar-refractivity contribution in [3.05, 3.63) is 29.8 Å². The number of hydrogen-bond acceptors (Lipinski definition) is 4. The molecule has 0 heterocycles. The van der Waals surface area contributed by atoms with Crippen molar-refractivity contribution in [3.8, 4) is 0 Å². The Kier molecular flexibility index (Phi) is 7.97. The van der Waals surface area contributed by atoms with Gasteiger partial charge in [0.2, 0.25) is 5.91 Å². The third-order valence-electron chi connectivity index (χ3n) is 3.48. The second-order valence-electron chi connectivity index (χ2n) is 5.37. The fourth-order valence-electron chi connectivity index (χ4n) is 2.23. The molecule has 1 aromatic rings. The maximum absolute atomic E-state index is 12.0. The van der Waals surface area contributed by atoms with Crippen LogP contribution in [0.4, 0.5) is 5.69 Å². The molecule has 21 heavy (non-hydrogen) atoms. The van der Waals surface area contributed by atoms with E-state index < -0.39 is 0 Å². The van der Waals surface area contributed by atoms with Crippen LogP contribution in [0, 0.1) is 0 Å². The van der Waals surface area contributed by atoms with E-state index in [9.17, 15) is 4.79 Å². The highest BCUT2D eigenvalue weighted by Crippen LogP contribution is 2.14. The van der Waals surface area contributed by atoms with Gasteiger partial charge in [0.15, 0.2) is 0 Å². The quantitative estimate of drug-likeness (QED) is 0.646. The lowest BCUT2D eigenvalue weighted by Crippen LogP contribution is -2.34. The molecule has 0 aliphatic rings. The summed E-state index contributed by atoms with van der Waals surface area (Å²) in [4.78, 5) is 14.1. The van der Waals surface area contributed by atoms with Crippen molar-refractivity contribution in [3.63, 3.8) is 0 Å². The highest BCUT2D eigenvalue weighted by atomic mass is 16.3. The maximum Gasteiger partial charge on any atom is 0.224 e. The summed E-state index contributed by atoms with van der Waals surface area (Å²) in [6.07, 6.45) is 1.24. The fraction of sp³-hybridized carbons (Fsp3) is 0.562. The van der Waals surface area contributed by atoms with Gasteiger partial charge in [0.05, 0.1) is 6.61 Å². The molecule has 1 amide bonds. The third kappa shape index (κ3) is 6.25. The van der Waals surface area contributed by atoms with Gasteiger partial charge < -0.3 is 16.2 Å². The first-order valence-corrected chi connectivity index (χ1v) is 7.51. The topological polar surface area (TPSA) is 78.6 Å². The molecule has 0 aromatic heterocycles. The van der Waals surface area contributed by atoms with Crippen LogP contribution in [-0.4, -0.2) is 41.7 Å². The van der Waals surface area contributed by atoms with Gasteiger partial charge in [-0.1, -0.05) is 18.2 Å². The van der Waals surface area contributed by atoms with E-state index in [1.165, 1.54) is 0 Å². The van der Waals surface area contributed by atoms with Gasteiger partial charge in [-0.3, -0.25) is 9.69 Å². The molecule has 0 aliphatic heterocycles. The van der Waals surface area contributed by atoms with Crippen molar-refractivity contribution in [1.82, 2.24) is 4.90 Å². The summed E-state index contributed by atoms with van der Waals surface area (Å²) >= 11 is 0. The molecule has 118 valence electrons. The summed E-state index contributed by atoms with van der Waals surface area (Å²) in [7, 11) is 0. The lowest BCUT2D eigenvalue weighted by Gasteiger charge is -2.25. The van der Waals surface area contributed by atoms with Crippen LogP contribution in [0.25, 0.3) is 0 Å². The van der Waals surface area contributed by atoms with Crippen LogP contribution in [0.5, 0.6) is 0 Å². The Hall–Kier alpha value is -1.43. The molecule has 0 bridgehead atoms. The van der Waals surface area contributed by atoms with Crippen LogP contribution < -0.4 is 11.1 Å². The van der Waals surface area contributed by atoms with E-state index in [4.69, 9.17) is 10.8 Å². The average Bonchev–Trinajstić information content (AvgIpc) is 2.46. The minimum Gasteiger partial charge on any atom is -0.395 e. The largest absolute Gasteiger partial charge is 0.395 e. The predicted octanol–water partition coefficient (Wildman–Crippen LogP) is 1.57. The molecule has 0 fully saturated rings. The number of benzene rings is 1. The zero-order valence-electron chi connectivity index (χ0n) is 13.0. The molecule has 0 atom stereocenters. The lowest BCUT2D eigenvalue weighted by molar-refractivity contribution is -0.116. The zero-order valence-corrected chi connectivity index (χ0v) is 13.0. The molecule has 1 aromatic carbocycles. The molecular weight excluding hydrogens is 266 g/mol. The smallest absolute Gasteiger partial charge is 0.224 e. The SMILES string of the molecule is CC(C)N(CCO)CCCC(=O)Nc1ccccc1CN. The van der Waals surface area contributed by atoms with Crippen molar-refractivity contribution in [2.45, 2.75) is 39.3 Å². The van der Waals surface area contributed by atoms with Crippen molar-refractivity contribution in [1.29, 1.82) is 0 Å². The number of aliphatic hydroxyl groups excluding tert-OH is 1. The van der Waals surface area contributed by atoms with Gasteiger partial charge in [0.25, 0.3) is 0 Å². The molecule has 4 N–H and O–H groups in total. The summed E-state index contributed by atoms with van der Waals surface area (Å²) in [6, 6.07) is 7.95. The van der Waals surface area contributed by atoms with Crippen LogP contribution in [0.15, 0.2) is 24.3 Å². The normalized spacial score (nSPS) is 11.1. The monoisotopic (exact) mass is 293 g/mol. The first-order valence-electron chi connectivity index (χ1n) is 7.51. The molecule has 0 aliphatic carbocycles. The van der Waals surface area contributed by atoms with Crippen LogP contribution in [0.3, 0.4) is 0 Å². The minimum atomic E-state index is 0.00334. The lowest BCUT2D eigenvalue weighted by atomic mass is 10.1. The summed E-state index contributed by atoms with van der Waals surface area (Å²) < 4.78 is 0. The van der Waals surface area contributed by atoms with Gasteiger partial charge in [-0.15, -0.1) is 0 Å². The minimum absolute atomic E-state index is 0.00334. The van der Waals surface area contributed by atoms with Crippen molar-refractivity contribution < 1.29 is 9.90 Å². The van der Waals surface area contributed by atoms with Gasteiger partial charge in [0, 0.05) is 31.2 Å². The summed E-state index contributed by atoms with van der Waals surface area (Å²) in [5.74, 6) is 0.00334. The molecule has 0 saturated carbocycles.